The van der Waals surface area contributed by atoms with Gasteiger partial charge in [0.05, 0.1) is 4.90 Å². The normalized spacial score (nSPS) is 16.8. The van der Waals surface area contributed by atoms with Crippen molar-refractivity contribution in [2.45, 2.75) is 36.5 Å². The molecule has 1 aliphatic heterocycles. The van der Waals surface area contributed by atoms with E-state index in [0.717, 1.165) is 5.56 Å². The molecule has 0 aliphatic carbocycles. The first-order valence-corrected chi connectivity index (χ1v) is 10.6. The number of rotatable bonds is 7. The molecule has 30 heavy (non-hydrogen) atoms. The minimum Gasteiger partial charge on any atom is -0.480 e. The van der Waals surface area contributed by atoms with Crippen molar-refractivity contribution < 1.29 is 32.7 Å². The quantitative estimate of drug-likeness (QED) is 0.686. The fourth-order valence-electron chi connectivity index (χ4n) is 2.81. The highest BCUT2D eigenvalue weighted by Gasteiger charge is 2.35. The SMILES string of the molecule is O=C(NC(CC1CC(S(=O)(=O)c2ccccc2)=NO1)C(=O)O)OCc1ccccc1. The van der Waals surface area contributed by atoms with Gasteiger partial charge in [-0.2, -0.15) is 0 Å². The Balaban J connectivity index is 1.55. The number of alkyl carbamates (subject to hydrolysis) is 1. The van der Waals surface area contributed by atoms with Crippen LogP contribution >= 0.6 is 0 Å². The molecule has 0 spiro atoms. The maximum absolute atomic E-state index is 12.6. The first kappa shape index (κ1) is 21.3. The Bertz CT molecular complexity index is 1020. The topological polar surface area (TPSA) is 131 Å². The van der Waals surface area contributed by atoms with E-state index in [-0.39, 0.29) is 29.4 Å². The molecule has 2 aromatic rings. The summed E-state index contributed by atoms with van der Waals surface area (Å²) < 4.78 is 30.2. The molecule has 0 bridgehead atoms. The second kappa shape index (κ2) is 9.40. The van der Waals surface area contributed by atoms with Crippen molar-refractivity contribution in [2.24, 2.45) is 5.16 Å². The van der Waals surface area contributed by atoms with Crippen LogP contribution in [0.5, 0.6) is 0 Å². The van der Waals surface area contributed by atoms with E-state index >= 15 is 0 Å². The predicted molar refractivity (Wildman–Crippen MR) is 106 cm³/mol. The summed E-state index contributed by atoms with van der Waals surface area (Å²) in [5, 5.41) is 15.1. The van der Waals surface area contributed by atoms with Gasteiger partial charge in [-0.1, -0.05) is 53.7 Å². The van der Waals surface area contributed by atoms with Crippen molar-refractivity contribution in [1.82, 2.24) is 5.32 Å². The van der Waals surface area contributed by atoms with Crippen LogP contribution in [0.3, 0.4) is 0 Å². The summed E-state index contributed by atoms with van der Waals surface area (Å²) in [5.74, 6) is -1.30. The molecular weight excluding hydrogens is 412 g/mol. The van der Waals surface area contributed by atoms with Crippen LogP contribution in [0.25, 0.3) is 0 Å². The third-order valence-corrected chi connectivity index (χ3v) is 6.13. The van der Waals surface area contributed by atoms with E-state index in [1.807, 2.05) is 6.07 Å². The highest BCUT2D eigenvalue weighted by molar-refractivity contribution is 8.06. The molecule has 1 amide bonds. The second-order valence-corrected chi connectivity index (χ2v) is 8.52. The van der Waals surface area contributed by atoms with Crippen LogP contribution in [0.15, 0.2) is 70.7 Å². The van der Waals surface area contributed by atoms with Gasteiger partial charge in [-0.3, -0.25) is 0 Å². The summed E-state index contributed by atoms with van der Waals surface area (Å²) in [6.45, 7) is -0.0124. The van der Waals surface area contributed by atoms with Crippen molar-refractivity contribution in [2.75, 3.05) is 0 Å². The van der Waals surface area contributed by atoms with Crippen LogP contribution in [0.4, 0.5) is 4.79 Å². The fraction of sp³-hybridized carbons (Fsp3) is 0.250. The van der Waals surface area contributed by atoms with Crippen LogP contribution in [0.1, 0.15) is 18.4 Å². The number of carboxylic acids is 1. The molecule has 9 nitrogen and oxygen atoms in total. The van der Waals surface area contributed by atoms with Gasteiger partial charge in [0.25, 0.3) is 0 Å². The smallest absolute Gasteiger partial charge is 0.408 e. The largest absolute Gasteiger partial charge is 0.480 e. The van der Waals surface area contributed by atoms with Gasteiger partial charge in [0.1, 0.15) is 18.8 Å². The Kier molecular flexibility index (Phi) is 6.68. The van der Waals surface area contributed by atoms with Gasteiger partial charge in [-0.15, -0.1) is 0 Å². The van der Waals surface area contributed by atoms with Crippen LogP contribution in [0.2, 0.25) is 0 Å². The van der Waals surface area contributed by atoms with Crippen LogP contribution < -0.4 is 5.32 Å². The zero-order valence-corrected chi connectivity index (χ0v) is 16.6. The van der Waals surface area contributed by atoms with E-state index in [9.17, 15) is 23.1 Å². The number of ether oxygens (including phenoxy) is 1. The van der Waals surface area contributed by atoms with Crippen molar-refractivity contribution in [3.05, 3.63) is 66.2 Å². The Labute approximate surface area is 173 Å². The molecule has 0 saturated carbocycles. The number of benzene rings is 2. The van der Waals surface area contributed by atoms with E-state index in [4.69, 9.17) is 9.57 Å². The lowest BCUT2D eigenvalue weighted by Crippen LogP contribution is -2.43. The van der Waals surface area contributed by atoms with E-state index < -0.39 is 34.0 Å². The van der Waals surface area contributed by atoms with Crippen LogP contribution in [0, 0.1) is 0 Å². The molecule has 158 valence electrons. The number of aliphatic carboxylic acids is 1. The van der Waals surface area contributed by atoms with Crippen molar-refractivity contribution in [1.29, 1.82) is 0 Å². The van der Waals surface area contributed by atoms with Crippen LogP contribution in [-0.4, -0.2) is 42.8 Å². The lowest BCUT2D eigenvalue weighted by atomic mass is 10.1. The lowest BCUT2D eigenvalue weighted by molar-refractivity contribution is -0.140. The first-order chi connectivity index (χ1) is 14.4. The zero-order valence-electron chi connectivity index (χ0n) is 15.8. The molecule has 3 rings (SSSR count). The van der Waals surface area contributed by atoms with Gasteiger partial charge in [0.2, 0.25) is 9.84 Å². The molecule has 0 saturated heterocycles. The monoisotopic (exact) mass is 432 g/mol. The molecule has 1 heterocycles. The number of carbonyl (C=O) groups is 2. The van der Waals surface area contributed by atoms with E-state index in [1.165, 1.54) is 12.1 Å². The summed E-state index contributed by atoms with van der Waals surface area (Å²) in [6.07, 6.45) is -1.98. The third-order valence-electron chi connectivity index (χ3n) is 4.37. The minimum atomic E-state index is -3.82. The highest BCUT2D eigenvalue weighted by Crippen LogP contribution is 2.23. The molecule has 1 aliphatic rings. The maximum Gasteiger partial charge on any atom is 0.408 e. The summed E-state index contributed by atoms with van der Waals surface area (Å²) in [6, 6.07) is 15.3. The molecule has 2 atom stereocenters. The zero-order chi connectivity index (χ0) is 21.6. The average molecular weight is 432 g/mol. The standard InChI is InChI=1S/C20H20N2O7S/c23-19(24)17(21-20(25)28-13-14-7-3-1-4-8-14)11-15-12-18(22-29-15)30(26,27)16-9-5-2-6-10-16/h1-10,15,17H,11-13H2,(H,21,25)(H,23,24). The second-order valence-electron chi connectivity index (χ2n) is 6.57. The Morgan fingerprint density at radius 1 is 1.13 bits per heavy atom. The average Bonchev–Trinajstić information content (AvgIpc) is 3.22. The number of nitrogens with zero attached hydrogens (tertiary/aromatic N) is 1. The van der Waals surface area contributed by atoms with Gasteiger partial charge < -0.3 is 20.0 Å². The third kappa shape index (κ3) is 5.35. The Hall–Kier alpha value is -3.40. The van der Waals surface area contributed by atoms with E-state index in [2.05, 4.69) is 10.5 Å². The highest BCUT2D eigenvalue weighted by atomic mass is 32.2. The maximum atomic E-state index is 12.6. The van der Waals surface area contributed by atoms with Crippen molar-refractivity contribution in [3.63, 3.8) is 0 Å². The molecule has 0 aromatic heterocycles. The summed E-state index contributed by atoms with van der Waals surface area (Å²) in [7, 11) is -3.82. The number of hydrogen-bond donors (Lipinski definition) is 2. The number of carboxylic acid groups (broad SMARTS) is 1. The summed E-state index contributed by atoms with van der Waals surface area (Å²) in [4.78, 5) is 28.7. The number of hydrogen-bond acceptors (Lipinski definition) is 7. The number of amides is 1. The van der Waals surface area contributed by atoms with Gasteiger partial charge in [-0.25, -0.2) is 18.0 Å². The van der Waals surface area contributed by atoms with Crippen molar-refractivity contribution >= 4 is 26.9 Å². The van der Waals surface area contributed by atoms with Crippen LogP contribution in [-0.2, 0) is 30.8 Å². The minimum absolute atomic E-state index is 0.0124. The van der Waals surface area contributed by atoms with Gasteiger partial charge in [0.15, 0.2) is 5.04 Å². The summed E-state index contributed by atoms with van der Waals surface area (Å²) in [5.41, 5.74) is 0.753. The molecule has 0 fully saturated rings. The lowest BCUT2D eigenvalue weighted by Gasteiger charge is -2.17. The predicted octanol–water partition coefficient (Wildman–Crippen LogP) is 2.33. The van der Waals surface area contributed by atoms with Gasteiger partial charge >= 0.3 is 12.1 Å². The number of nitrogens with one attached hydrogen (secondary N) is 1. The molecule has 2 aromatic carbocycles. The van der Waals surface area contributed by atoms with Crippen molar-refractivity contribution in [3.8, 4) is 0 Å². The molecule has 10 heteroatoms. The Morgan fingerprint density at radius 2 is 1.77 bits per heavy atom. The number of carbonyl (C=O) groups excluding carboxylic acids is 1. The number of oxime groups is 1. The summed E-state index contributed by atoms with van der Waals surface area (Å²) >= 11 is 0. The Morgan fingerprint density at radius 3 is 2.40 bits per heavy atom. The fourth-order valence-corrected chi connectivity index (χ4v) is 4.15. The van der Waals surface area contributed by atoms with Gasteiger partial charge in [-0.05, 0) is 17.7 Å². The number of sulfone groups is 1. The molecule has 2 unspecified atom stereocenters. The van der Waals surface area contributed by atoms with E-state index in [0.29, 0.717) is 0 Å². The molecule has 0 radical (unpaired) electrons. The van der Waals surface area contributed by atoms with E-state index in [1.54, 1.807) is 42.5 Å². The molecular formula is C20H20N2O7S. The van der Waals surface area contributed by atoms with Gasteiger partial charge in [0, 0.05) is 12.8 Å². The first-order valence-electron chi connectivity index (χ1n) is 9.09. The molecule has 2 N–H and O–H groups in total.